The number of allylic oxidation sites excluding steroid dienone is 1. The topological polar surface area (TPSA) is 63.4 Å². The first-order valence-corrected chi connectivity index (χ1v) is 11.1. The smallest absolute Gasteiger partial charge is 0.258 e. The standard InChI is InChI=1S/C25H28N4O2S/c1-15(2)14-29-17(4)21(22(26-25(29)32)19-7-6-8-20(13-19)30-5)24-27-23(28-31-24)18-11-9-16(3)10-12-18/h6-13,15,22H,14H2,1-5H3,(H,26,32). The molecular formula is C25H28N4O2S. The number of thiocarbonyl (C=S) groups is 1. The number of nitrogens with zero attached hydrogens (tertiary/aromatic N) is 3. The van der Waals surface area contributed by atoms with Gasteiger partial charge in [-0.15, -0.1) is 0 Å². The van der Waals surface area contributed by atoms with E-state index >= 15 is 0 Å². The highest BCUT2D eigenvalue weighted by molar-refractivity contribution is 7.80. The summed E-state index contributed by atoms with van der Waals surface area (Å²) in [5, 5.41) is 8.45. The van der Waals surface area contributed by atoms with Crippen molar-refractivity contribution in [3.63, 3.8) is 0 Å². The van der Waals surface area contributed by atoms with Crippen molar-refractivity contribution in [2.24, 2.45) is 5.92 Å². The molecule has 1 aliphatic rings. The second kappa shape index (κ2) is 9.12. The molecule has 1 N–H and O–H groups in total. The van der Waals surface area contributed by atoms with Crippen molar-refractivity contribution in [1.82, 2.24) is 20.4 Å². The van der Waals surface area contributed by atoms with E-state index in [-0.39, 0.29) is 6.04 Å². The lowest BCUT2D eigenvalue weighted by Gasteiger charge is -2.38. The molecule has 0 aliphatic carbocycles. The average Bonchev–Trinajstić information content (AvgIpc) is 3.26. The Bertz CT molecular complexity index is 1150. The van der Waals surface area contributed by atoms with E-state index in [1.165, 1.54) is 5.56 Å². The highest BCUT2D eigenvalue weighted by Crippen LogP contribution is 2.38. The largest absolute Gasteiger partial charge is 0.497 e. The molecule has 1 aromatic heterocycles. The van der Waals surface area contributed by atoms with Gasteiger partial charge in [-0.3, -0.25) is 0 Å². The van der Waals surface area contributed by atoms with Crippen molar-refractivity contribution in [3.05, 3.63) is 71.2 Å². The van der Waals surface area contributed by atoms with Gasteiger partial charge in [-0.25, -0.2) is 0 Å². The molecule has 4 rings (SSSR count). The fraction of sp³-hybridized carbons (Fsp3) is 0.320. The van der Waals surface area contributed by atoms with Crippen molar-refractivity contribution in [3.8, 4) is 17.1 Å². The maximum Gasteiger partial charge on any atom is 0.258 e. The van der Waals surface area contributed by atoms with Crippen LogP contribution in [0.15, 0.2) is 58.8 Å². The SMILES string of the molecule is COc1cccc(C2NC(=S)N(CC(C)C)C(C)=C2c2nc(-c3ccc(C)cc3)no2)c1. The van der Waals surface area contributed by atoms with E-state index in [1.54, 1.807) is 7.11 Å². The maximum absolute atomic E-state index is 5.80. The van der Waals surface area contributed by atoms with Gasteiger partial charge in [0, 0.05) is 17.8 Å². The summed E-state index contributed by atoms with van der Waals surface area (Å²) in [6, 6.07) is 15.8. The average molecular weight is 449 g/mol. The Labute approximate surface area is 194 Å². The van der Waals surface area contributed by atoms with E-state index in [4.69, 9.17) is 26.5 Å². The molecule has 0 saturated carbocycles. The molecule has 32 heavy (non-hydrogen) atoms. The number of hydrogen-bond acceptors (Lipinski definition) is 5. The van der Waals surface area contributed by atoms with Gasteiger partial charge in [-0.1, -0.05) is 61.0 Å². The van der Waals surface area contributed by atoms with Crippen molar-refractivity contribution in [2.45, 2.75) is 33.7 Å². The highest BCUT2D eigenvalue weighted by atomic mass is 32.1. The zero-order valence-corrected chi connectivity index (χ0v) is 19.9. The number of hydrogen-bond donors (Lipinski definition) is 1. The molecule has 0 fully saturated rings. The van der Waals surface area contributed by atoms with Crippen molar-refractivity contribution in [1.29, 1.82) is 0 Å². The molecule has 0 radical (unpaired) electrons. The van der Waals surface area contributed by atoms with E-state index < -0.39 is 0 Å². The fourth-order valence-corrected chi connectivity index (χ4v) is 4.20. The van der Waals surface area contributed by atoms with Gasteiger partial charge in [-0.2, -0.15) is 4.98 Å². The maximum atomic E-state index is 5.80. The van der Waals surface area contributed by atoms with Crippen molar-refractivity contribution < 1.29 is 9.26 Å². The third-order valence-electron chi connectivity index (χ3n) is 5.54. The van der Waals surface area contributed by atoms with Crippen LogP contribution in [0, 0.1) is 12.8 Å². The minimum absolute atomic E-state index is 0.229. The summed E-state index contributed by atoms with van der Waals surface area (Å²) in [4.78, 5) is 6.88. The zero-order valence-electron chi connectivity index (χ0n) is 19.0. The Balaban J connectivity index is 1.81. The van der Waals surface area contributed by atoms with Gasteiger partial charge >= 0.3 is 0 Å². The molecule has 2 heterocycles. The first-order chi connectivity index (χ1) is 15.4. The van der Waals surface area contributed by atoms with E-state index in [1.807, 2.05) is 48.5 Å². The van der Waals surface area contributed by atoms with Crippen LogP contribution in [-0.2, 0) is 0 Å². The predicted octanol–water partition coefficient (Wildman–Crippen LogP) is 5.37. The van der Waals surface area contributed by atoms with Crippen LogP contribution in [0.5, 0.6) is 5.75 Å². The summed E-state index contributed by atoms with van der Waals surface area (Å²) in [5.41, 5.74) is 5.04. The Kier molecular flexibility index (Phi) is 6.28. The molecule has 0 saturated heterocycles. The molecule has 2 aromatic carbocycles. The molecule has 166 valence electrons. The zero-order chi connectivity index (χ0) is 22.8. The lowest BCUT2D eigenvalue weighted by atomic mass is 9.94. The summed E-state index contributed by atoms with van der Waals surface area (Å²) < 4.78 is 11.2. The summed E-state index contributed by atoms with van der Waals surface area (Å²) in [6.45, 7) is 9.26. The normalized spacial score (nSPS) is 16.5. The van der Waals surface area contributed by atoms with Crippen molar-refractivity contribution >= 4 is 22.9 Å². The van der Waals surface area contributed by atoms with Crippen LogP contribution in [0.4, 0.5) is 0 Å². The lowest BCUT2D eigenvalue weighted by molar-refractivity contribution is 0.385. The van der Waals surface area contributed by atoms with Crippen LogP contribution in [0.3, 0.4) is 0 Å². The Morgan fingerprint density at radius 3 is 2.59 bits per heavy atom. The first kappa shape index (κ1) is 22.0. The molecular weight excluding hydrogens is 420 g/mol. The van der Waals surface area contributed by atoms with Gasteiger partial charge < -0.3 is 19.5 Å². The van der Waals surface area contributed by atoms with Crippen LogP contribution in [0.25, 0.3) is 17.0 Å². The summed E-state index contributed by atoms with van der Waals surface area (Å²) in [7, 11) is 1.66. The lowest BCUT2D eigenvalue weighted by Crippen LogP contribution is -2.47. The second-order valence-corrected chi connectivity index (χ2v) is 8.84. The minimum atomic E-state index is -0.229. The van der Waals surface area contributed by atoms with Gasteiger partial charge in [0.15, 0.2) is 5.11 Å². The van der Waals surface area contributed by atoms with E-state index in [0.717, 1.165) is 34.7 Å². The molecule has 0 amide bonds. The van der Waals surface area contributed by atoms with Crippen LogP contribution >= 0.6 is 12.2 Å². The monoisotopic (exact) mass is 448 g/mol. The van der Waals surface area contributed by atoms with E-state index in [0.29, 0.717) is 22.7 Å². The second-order valence-electron chi connectivity index (χ2n) is 8.45. The highest BCUT2D eigenvalue weighted by Gasteiger charge is 2.34. The quantitative estimate of drug-likeness (QED) is 0.509. The van der Waals surface area contributed by atoms with Crippen LogP contribution < -0.4 is 10.1 Å². The minimum Gasteiger partial charge on any atom is -0.497 e. The fourth-order valence-electron chi connectivity index (χ4n) is 3.87. The molecule has 1 atom stereocenters. The molecule has 7 heteroatoms. The number of ether oxygens (including phenoxy) is 1. The van der Waals surface area contributed by atoms with Gasteiger partial charge in [0.05, 0.1) is 18.7 Å². The summed E-state index contributed by atoms with van der Waals surface area (Å²) in [5.74, 6) is 2.26. The third kappa shape index (κ3) is 4.39. The first-order valence-electron chi connectivity index (χ1n) is 10.7. The van der Waals surface area contributed by atoms with E-state index in [9.17, 15) is 0 Å². The molecule has 1 aliphatic heterocycles. The molecule has 0 bridgehead atoms. The Morgan fingerprint density at radius 2 is 1.91 bits per heavy atom. The van der Waals surface area contributed by atoms with Crippen LogP contribution in [0.1, 0.15) is 43.8 Å². The van der Waals surface area contributed by atoms with Gasteiger partial charge in [-0.05, 0) is 49.7 Å². The molecule has 0 spiro atoms. The Morgan fingerprint density at radius 1 is 1.16 bits per heavy atom. The number of nitrogens with one attached hydrogen (secondary N) is 1. The number of benzene rings is 2. The Hall–Kier alpha value is -3.19. The number of aromatic nitrogens is 2. The number of rotatable bonds is 6. The molecule has 6 nitrogen and oxygen atoms in total. The molecule has 1 unspecified atom stereocenters. The van der Waals surface area contributed by atoms with Crippen molar-refractivity contribution in [2.75, 3.05) is 13.7 Å². The number of methoxy groups -OCH3 is 1. The summed E-state index contributed by atoms with van der Waals surface area (Å²) in [6.07, 6.45) is 0. The summed E-state index contributed by atoms with van der Waals surface area (Å²) >= 11 is 5.74. The molecule has 3 aromatic rings. The van der Waals surface area contributed by atoms with Crippen LogP contribution in [0.2, 0.25) is 0 Å². The van der Waals surface area contributed by atoms with Gasteiger partial charge in [0.2, 0.25) is 5.82 Å². The number of aryl methyl sites for hydroxylation is 1. The van der Waals surface area contributed by atoms with Gasteiger partial charge in [0.1, 0.15) is 5.75 Å². The van der Waals surface area contributed by atoms with Crippen LogP contribution in [-0.4, -0.2) is 33.8 Å². The predicted molar refractivity (Wildman–Crippen MR) is 130 cm³/mol. The van der Waals surface area contributed by atoms with Gasteiger partial charge in [0.25, 0.3) is 5.89 Å². The van der Waals surface area contributed by atoms with E-state index in [2.05, 4.69) is 43.1 Å². The third-order valence-corrected chi connectivity index (χ3v) is 5.88.